The molecule has 0 spiro atoms. The maximum atomic E-state index is 10.7. The van der Waals surface area contributed by atoms with E-state index in [2.05, 4.69) is 20.9 Å². The highest BCUT2D eigenvalue weighted by molar-refractivity contribution is 9.10. The Kier molecular flexibility index (Phi) is 2.14. The van der Waals surface area contributed by atoms with Crippen molar-refractivity contribution in [1.29, 1.82) is 0 Å². The summed E-state index contributed by atoms with van der Waals surface area (Å²) < 4.78 is 0.903. The molecule has 0 bridgehead atoms. The van der Waals surface area contributed by atoms with Crippen LogP contribution in [0, 0.1) is 0 Å². The highest BCUT2D eigenvalue weighted by Gasteiger charge is 2.08. The Morgan fingerprint density at radius 1 is 1.46 bits per heavy atom. The molecule has 1 heterocycles. The van der Waals surface area contributed by atoms with Crippen LogP contribution in [0.2, 0.25) is 5.02 Å². The predicted octanol–water partition coefficient (Wildman–Crippen LogP) is 3.40. The first-order valence-electron chi connectivity index (χ1n) is 3.64. The Labute approximate surface area is 88.0 Å². The van der Waals surface area contributed by atoms with Gasteiger partial charge in [-0.05, 0) is 28.1 Å². The summed E-state index contributed by atoms with van der Waals surface area (Å²) in [5.74, 6) is 0. The zero-order chi connectivity index (χ0) is 9.42. The van der Waals surface area contributed by atoms with Gasteiger partial charge in [0.2, 0.25) is 0 Å². The van der Waals surface area contributed by atoms with Gasteiger partial charge in [-0.25, -0.2) is 0 Å². The summed E-state index contributed by atoms with van der Waals surface area (Å²) in [4.78, 5) is 13.6. The fourth-order valence-electron chi connectivity index (χ4n) is 1.29. The first-order chi connectivity index (χ1) is 6.24. The van der Waals surface area contributed by atoms with Crippen molar-refractivity contribution in [2.75, 3.05) is 0 Å². The molecule has 2 aromatic rings. The lowest BCUT2D eigenvalue weighted by Crippen LogP contribution is -1.77. The summed E-state index contributed by atoms with van der Waals surface area (Å²) in [6, 6.07) is 3.60. The van der Waals surface area contributed by atoms with E-state index in [4.69, 9.17) is 11.6 Å². The van der Waals surface area contributed by atoms with E-state index < -0.39 is 0 Å². The summed E-state index contributed by atoms with van der Waals surface area (Å²) in [6.45, 7) is 0. The van der Waals surface area contributed by atoms with Gasteiger partial charge in [-0.15, -0.1) is 0 Å². The fraction of sp³-hybridized carbons (Fsp3) is 0. The van der Waals surface area contributed by atoms with E-state index in [1.54, 1.807) is 12.3 Å². The number of carbonyl (C=O) groups excluding carboxylic acids is 1. The van der Waals surface area contributed by atoms with E-state index in [1.165, 1.54) is 0 Å². The van der Waals surface area contributed by atoms with Crippen molar-refractivity contribution in [3.05, 3.63) is 33.4 Å². The molecule has 0 amide bonds. The van der Waals surface area contributed by atoms with Gasteiger partial charge < -0.3 is 4.98 Å². The van der Waals surface area contributed by atoms with Gasteiger partial charge in [0.1, 0.15) is 0 Å². The van der Waals surface area contributed by atoms with Gasteiger partial charge >= 0.3 is 0 Å². The van der Waals surface area contributed by atoms with Crippen molar-refractivity contribution in [2.24, 2.45) is 0 Å². The molecule has 0 saturated carbocycles. The molecule has 0 fully saturated rings. The maximum Gasteiger partial charge on any atom is 0.152 e. The van der Waals surface area contributed by atoms with E-state index in [0.717, 1.165) is 21.7 Å². The summed E-state index contributed by atoms with van der Waals surface area (Å²) >= 11 is 9.32. The number of carbonyl (C=O) groups is 1. The Morgan fingerprint density at radius 3 is 2.92 bits per heavy atom. The third-order valence-electron chi connectivity index (χ3n) is 1.89. The number of hydrogen-bond donors (Lipinski definition) is 1. The van der Waals surface area contributed by atoms with Crippen LogP contribution in [0.15, 0.2) is 22.8 Å². The molecule has 2 rings (SSSR count). The second-order valence-electron chi connectivity index (χ2n) is 2.64. The number of benzene rings is 1. The summed E-state index contributed by atoms with van der Waals surface area (Å²) in [7, 11) is 0. The van der Waals surface area contributed by atoms with E-state index in [-0.39, 0.29) is 0 Å². The van der Waals surface area contributed by atoms with E-state index in [9.17, 15) is 4.79 Å². The maximum absolute atomic E-state index is 10.7. The molecule has 0 aliphatic heterocycles. The van der Waals surface area contributed by atoms with Crippen molar-refractivity contribution in [3.8, 4) is 0 Å². The highest BCUT2D eigenvalue weighted by Crippen LogP contribution is 2.31. The molecular weight excluding hydrogens is 253 g/mol. The van der Waals surface area contributed by atoms with Crippen molar-refractivity contribution < 1.29 is 4.79 Å². The minimum absolute atomic E-state index is 0.585. The Balaban J connectivity index is 2.95. The molecule has 0 aliphatic carbocycles. The molecule has 0 unspecified atom stereocenters. The van der Waals surface area contributed by atoms with Crippen LogP contribution in [0.5, 0.6) is 0 Å². The van der Waals surface area contributed by atoms with Crippen LogP contribution in [0.4, 0.5) is 0 Å². The monoisotopic (exact) mass is 257 g/mol. The van der Waals surface area contributed by atoms with Crippen molar-refractivity contribution >= 4 is 44.7 Å². The number of nitrogens with one attached hydrogen (secondary N) is 1. The third kappa shape index (κ3) is 1.28. The zero-order valence-corrected chi connectivity index (χ0v) is 8.82. The second kappa shape index (κ2) is 3.16. The van der Waals surface area contributed by atoms with Crippen LogP contribution < -0.4 is 0 Å². The van der Waals surface area contributed by atoms with Gasteiger partial charge in [0, 0.05) is 21.6 Å². The molecule has 1 aromatic heterocycles. The van der Waals surface area contributed by atoms with E-state index in [1.807, 2.05) is 6.07 Å². The smallest absolute Gasteiger partial charge is 0.152 e. The summed E-state index contributed by atoms with van der Waals surface area (Å²) in [5.41, 5.74) is 1.44. The van der Waals surface area contributed by atoms with Crippen LogP contribution in [0.25, 0.3) is 10.9 Å². The first-order valence-corrected chi connectivity index (χ1v) is 4.81. The Hall–Kier alpha value is -0.800. The van der Waals surface area contributed by atoms with Gasteiger partial charge in [0.05, 0.1) is 10.5 Å². The quantitative estimate of drug-likeness (QED) is 0.781. The normalized spacial score (nSPS) is 10.6. The molecule has 1 aromatic carbocycles. The molecule has 0 aliphatic rings. The average molecular weight is 259 g/mol. The number of aromatic nitrogens is 1. The molecule has 2 nitrogen and oxygen atoms in total. The molecular formula is C9H5BrClNO. The predicted molar refractivity (Wildman–Crippen MR) is 56.4 cm³/mol. The van der Waals surface area contributed by atoms with Crippen molar-refractivity contribution in [2.45, 2.75) is 0 Å². The van der Waals surface area contributed by atoms with Crippen LogP contribution >= 0.6 is 27.5 Å². The molecule has 1 N–H and O–H groups in total. The van der Waals surface area contributed by atoms with Crippen LogP contribution in [-0.4, -0.2) is 11.3 Å². The topological polar surface area (TPSA) is 32.9 Å². The molecule has 0 radical (unpaired) electrons. The van der Waals surface area contributed by atoms with Gasteiger partial charge in [-0.1, -0.05) is 11.6 Å². The molecule has 13 heavy (non-hydrogen) atoms. The van der Waals surface area contributed by atoms with Crippen molar-refractivity contribution in [3.63, 3.8) is 0 Å². The molecule has 4 heteroatoms. The lowest BCUT2D eigenvalue weighted by atomic mass is 10.2. The third-order valence-corrected chi connectivity index (χ3v) is 2.87. The number of rotatable bonds is 1. The zero-order valence-electron chi connectivity index (χ0n) is 6.47. The lowest BCUT2D eigenvalue weighted by Gasteiger charge is -1.96. The van der Waals surface area contributed by atoms with E-state index >= 15 is 0 Å². The van der Waals surface area contributed by atoms with Gasteiger partial charge in [0.25, 0.3) is 0 Å². The molecule has 66 valence electrons. The minimum atomic E-state index is 0.585. The standard InChI is InChI=1S/C9H5BrClNO/c10-6-1-2-7(11)8-5(4-13)3-12-9(6)8/h1-4,12H. The number of H-pyrrole nitrogens is 1. The largest absolute Gasteiger partial charge is 0.359 e. The Bertz CT molecular complexity index is 478. The highest BCUT2D eigenvalue weighted by atomic mass is 79.9. The Morgan fingerprint density at radius 2 is 2.23 bits per heavy atom. The fourth-order valence-corrected chi connectivity index (χ4v) is 2.00. The van der Waals surface area contributed by atoms with Gasteiger partial charge in [-0.3, -0.25) is 4.79 Å². The van der Waals surface area contributed by atoms with Crippen LogP contribution in [-0.2, 0) is 0 Å². The number of aldehydes is 1. The first kappa shape index (κ1) is 8.78. The number of aromatic amines is 1. The lowest BCUT2D eigenvalue weighted by molar-refractivity contribution is 0.112. The van der Waals surface area contributed by atoms with Crippen LogP contribution in [0.1, 0.15) is 10.4 Å². The second-order valence-corrected chi connectivity index (χ2v) is 3.90. The SMILES string of the molecule is O=Cc1c[nH]c2c(Br)ccc(Cl)c12. The van der Waals surface area contributed by atoms with Crippen LogP contribution in [0.3, 0.4) is 0 Å². The average Bonchev–Trinajstić information content (AvgIpc) is 2.56. The molecule has 0 atom stereocenters. The van der Waals surface area contributed by atoms with Crippen molar-refractivity contribution in [1.82, 2.24) is 4.98 Å². The summed E-state index contributed by atoms with van der Waals surface area (Å²) in [6.07, 6.45) is 2.44. The van der Waals surface area contributed by atoms with E-state index in [0.29, 0.717) is 10.6 Å². The van der Waals surface area contributed by atoms with Gasteiger partial charge in [-0.2, -0.15) is 0 Å². The minimum Gasteiger partial charge on any atom is -0.359 e. The molecule has 0 saturated heterocycles. The number of hydrogen-bond acceptors (Lipinski definition) is 1. The number of fused-ring (bicyclic) bond motifs is 1. The van der Waals surface area contributed by atoms with Gasteiger partial charge in [0.15, 0.2) is 6.29 Å². The summed E-state index contributed by atoms with van der Waals surface area (Å²) in [5, 5.41) is 1.35. The number of halogens is 2.